The molecule has 0 bridgehead atoms. The van der Waals surface area contributed by atoms with Crippen LogP contribution in [0.15, 0.2) is 36.8 Å². The largest absolute Gasteiger partial charge is 0.356 e. The van der Waals surface area contributed by atoms with Crippen LogP contribution in [0.5, 0.6) is 0 Å². The number of piperidine rings is 1. The first-order valence-electron chi connectivity index (χ1n) is 11.3. The third-order valence-corrected chi connectivity index (χ3v) is 6.67. The molecular weight excluding hydrogens is 386 g/mol. The van der Waals surface area contributed by atoms with Crippen LogP contribution in [0.1, 0.15) is 48.5 Å². The molecule has 7 nitrogen and oxygen atoms in total. The molecule has 2 fully saturated rings. The average Bonchev–Trinajstić information content (AvgIpc) is 3.15. The summed E-state index contributed by atoms with van der Waals surface area (Å²) in [6.07, 6.45) is 8.49. The summed E-state index contributed by atoms with van der Waals surface area (Å²) in [4.78, 5) is 19.0. The minimum atomic E-state index is 0.196. The first-order valence-corrected chi connectivity index (χ1v) is 11.3. The van der Waals surface area contributed by atoms with Crippen LogP contribution in [0.2, 0.25) is 0 Å². The summed E-state index contributed by atoms with van der Waals surface area (Å²) in [7, 11) is 0. The van der Waals surface area contributed by atoms with Gasteiger partial charge in [-0.15, -0.1) is 0 Å². The van der Waals surface area contributed by atoms with E-state index in [2.05, 4.69) is 59.1 Å². The fourth-order valence-corrected chi connectivity index (χ4v) is 4.91. The normalized spacial score (nSPS) is 19.2. The lowest BCUT2D eigenvalue weighted by Crippen LogP contribution is -2.38. The molecular formula is C24H27N7. The maximum Gasteiger partial charge on any atom is 0.157 e. The number of rotatable bonds is 3. The van der Waals surface area contributed by atoms with Gasteiger partial charge in [0.2, 0.25) is 0 Å². The number of benzene rings is 1. The molecule has 6 rings (SSSR count). The van der Waals surface area contributed by atoms with E-state index in [9.17, 15) is 0 Å². The number of aryl methyl sites for hydroxylation is 2. The summed E-state index contributed by atoms with van der Waals surface area (Å²) in [6, 6.07) is 8.76. The van der Waals surface area contributed by atoms with Crippen LogP contribution >= 0.6 is 0 Å². The molecule has 2 saturated heterocycles. The van der Waals surface area contributed by atoms with E-state index < -0.39 is 0 Å². The fraction of sp³-hybridized carbons (Fsp3) is 0.417. The van der Waals surface area contributed by atoms with Gasteiger partial charge in [-0.3, -0.25) is 0 Å². The van der Waals surface area contributed by atoms with Crippen molar-refractivity contribution in [1.29, 1.82) is 0 Å². The Morgan fingerprint density at radius 1 is 0.935 bits per heavy atom. The number of nitrogens with zero attached hydrogens (tertiary/aromatic N) is 7. The van der Waals surface area contributed by atoms with Crippen molar-refractivity contribution < 1.29 is 0 Å². The number of aromatic nitrogens is 5. The minimum Gasteiger partial charge on any atom is -0.356 e. The molecule has 5 heterocycles. The van der Waals surface area contributed by atoms with Gasteiger partial charge >= 0.3 is 0 Å². The maximum absolute atomic E-state index is 4.97. The van der Waals surface area contributed by atoms with E-state index >= 15 is 0 Å². The highest BCUT2D eigenvalue weighted by atomic mass is 15.3. The molecule has 3 aromatic heterocycles. The SMILES string of the molecule is Cc1ccc2ncnc(N3CCCCC3c3cc4nc(N5CCC5)c(C)cn4n3)c2c1. The van der Waals surface area contributed by atoms with E-state index in [0.29, 0.717) is 0 Å². The van der Waals surface area contributed by atoms with Gasteiger partial charge in [0.1, 0.15) is 18.0 Å². The van der Waals surface area contributed by atoms with Crippen LogP contribution in [0.25, 0.3) is 16.6 Å². The van der Waals surface area contributed by atoms with Crippen LogP contribution in [-0.2, 0) is 0 Å². The molecule has 1 aromatic carbocycles. The number of fused-ring (bicyclic) bond motifs is 2. The zero-order chi connectivity index (χ0) is 20.9. The first-order chi connectivity index (χ1) is 15.2. The Morgan fingerprint density at radius 3 is 2.68 bits per heavy atom. The lowest BCUT2D eigenvalue weighted by Gasteiger charge is -2.36. The summed E-state index contributed by atoms with van der Waals surface area (Å²) in [5, 5.41) is 6.08. The second-order valence-corrected chi connectivity index (χ2v) is 8.88. The Kier molecular flexibility index (Phi) is 4.30. The molecule has 2 aliphatic heterocycles. The van der Waals surface area contributed by atoms with Crippen molar-refractivity contribution in [3.63, 3.8) is 0 Å². The lowest BCUT2D eigenvalue weighted by atomic mass is 9.98. The Balaban J connectivity index is 1.43. The van der Waals surface area contributed by atoms with Gasteiger partial charge in [-0.1, -0.05) is 11.6 Å². The van der Waals surface area contributed by atoms with Crippen LogP contribution < -0.4 is 9.80 Å². The summed E-state index contributed by atoms with van der Waals surface area (Å²) in [6.45, 7) is 7.42. The maximum atomic E-state index is 4.97. The monoisotopic (exact) mass is 413 g/mol. The molecule has 0 spiro atoms. The van der Waals surface area contributed by atoms with Crippen molar-refractivity contribution in [1.82, 2.24) is 24.6 Å². The highest BCUT2D eigenvalue weighted by Crippen LogP contribution is 2.37. The van der Waals surface area contributed by atoms with Gasteiger partial charge in [0.15, 0.2) is 5.65 Å². The van der Waals surface area contributed by atoms with Crippen LogP contribution in [0.4, 0.5) is 11.6 Å². The second-order valence-electron chi connectivity index (χ2n) is 8.88. The molecule has 158 valence electrons. The van der Waals surface area contributed by atoms with E-state index in [4.69, 9.17) is 15.1 Å². The quantitative estimate of drug-likeness (QED) is 0.501. The summed E-state index contributed by atoms with van der Waals surface area (Å²) in [5.41, 5.74) is 5.40. The Labute approximate surface area is 181 Å². The molecule has 4 aromatic rings. The molecule has 0 N–H and O–H groups in total. The van der Waals surface area contributed by atoms with Crippen LogP contribution in [0, 0.1) is 13.8 Å². The van der Waals surface area contributed by atoms with Crippen molar-refractivity contribution in [2.45, 2.75) is 45.6 Å². The van der Waals surface area contributed by atoms with Gasteiger partial charge in [-0.25, -0.2) is 19.5 Å². The lowest BCUT2D eigenvalue weighted by molar-refractivity contribution is 0.461. The highest BCUT2D eigenvalue weighted by Gasteiger charge is 2.29. The molecule has 7 heteroatoms. The zero-order valence-electron chi connectivity index (χ0n) is 18.1. The minimum absolute atomic E-state index is 0.196. The van der Waals surface area contributed by atoms with Gasteiger partial charge in [0, 0.05) is 42.8 Å². The number of hydrogen-bond donors (Lipinski definition) is 0. The van der Waals surface area contributed by atoms with Gasteiger partial charge in [0.25, 0.3) is 0 Å². The van der Waals surface area contributed by atoms with Gasteiger partial charge in [-0.05, 0) is 51.7 Å². The van der Waals surface area contributed by atoms with Crippen LogP contribution in [0.3, 0.4) is 0 Å². The van der Waals surface area contributed by atoms with E-state index in [1.165, 1.54) is 24.0 Å². The highest BCUT2D eigenvalue weighted by molar-refractivity contribution is 5.90. The summed E-state index contributed by atoms with van der Waals surface area (Å²) >= 11 is 0. The fourth-order valence-electron chi connectivity index (χ4n) is 4.91. The zero-order valence-corrected chi connectivity index (χ0v) is 18.1. The van der Waals surface area contributed by atoms with Gasteiger partial charge in [-0.2, -0.15) is 5.10 Å². The number of anilines is 2. The van der Waals surface area contributed by atoms with E-state index in [1.54, 1.807) is 6.33 Å². The predicted molar refractivity (Wildman–Crippen MR) is 123 cm³/mol. The molecule has 0 aliphatic carbocycles. The smallest absolute Gasteiger partial charge is 0.157 e. The standard InChI is InChI=1S/C24H27N7/c1-16-7-8-19-18(12-16)24(26-15-25-19)30-11-4-3-6-21(30)20-13-22-27-23(29-9-5-10-29)17(2)14-31(22)28-20/h7-8,12-15,21H,3-6,9-11H2,1-2H3. The summed E-state index contributed by atoms with van der Waals surface area (Å²) < 4.78 is 1.95. The Morgan fingerprint density at radius 2 is 1.84 bits per heavy atom. The molecule has 0 amide bonds. The second kappa shape index (κ2) is 7.18. The molecule has 1 unspecified atom stereocenters. The van der Waals surface area contributed by atoms with Crippen molar-refractivity contribution in [2.75, 3.05) is 29.4 Å². The van der Waals surface area contributed by atoms with Gasteiger partial charge in [0.05, 0.1) is 17.3 Å². The Bertz CT molecular complexity index is 1270. The predicted octanol–water partition coefficient (Wildman–Crippen LogP) is 4.23. The van der Waals surface area contributed by atoms with Crippen molar-refractivity contribution in [3.8, 4) is 0 Å². The molecule has 0 saturated carbocycles. The first kappa shape index (κ1) is 18.5. The summed E-state index contributed by atoms with van der Waals surface area (Å²) in [5.74, 6) is 2.11. The van der Waals surface area contributed by atoms with Crippen molar-refractivity contribution in [3.05, 3.63) is 53.6 Å². The van der Waals surface area contributed by atoms with Gasteiger partial charge < -0.3 is 9.80 Å². The van der Waals surface area contributed by atoms with Crippen molar-refractivity contribution in [2.24, 2.45) is 0 Å². The van der Waals surface area contributed by atoms with Crippen LogP contribution in [-0.4, -0.2) is 44.2 Å². The third kappa shape index (κ3) is 3.10. The van der Waals surface area contributed by atoms with E-state index in [1.807, 2.05) is 4.52 Å². The van der Waals surface area contributed by atoms with Crippen molar-refractivity contribution >= 4 is 28.2 Å². The molecule has 2 aliphatic rings. The molecule has 31 heavy (non-hydrogen) atoms. The molecule has 1 atom stereocenters. The Hall–Kier alpha value is -3.22. The van der Waals surface area contributed by atoms with E-state index in [-0.39, 0.29) is 6.04 Å². The third-order valence-electron chi connectivity index (χ3n) is 6.67. The van der Waals surface area contributed by atoms with E-state index in [0.717, 1.165) is 66.4 Å². The number of hydrogen-bond acceptors (Lipinski definition) is 6. The topological polar surface area (TPSA) is 62.5 Å². The average molecular weight is 414 g/mol. The molecule has 0 radical (unpaired) electrons.